The summed E-state index contributed by atoms with van der Waals surface area (Å²) in [6.45, 7) is 2.34. The molecule has 0 heterocycles. The Morgan fingerprint density at radius 2 is 1.93 bits per heavy atom. The van der Waals surface area contributed by atoms with Crippen LogP contribution in [-0.2, 0) is 5.41 Å². The molecule has 0 atom stereocenters. The van der Waals surface area contributed by atoms with E-state index in [0.29, 0.717) is 5.41 Å². The van der Waals surface area contributed by atoms with Crippen LogP contribution in [0.1, 0.15) is 51.0 Å². The first kappa shape index (κ1) is 11.2. The van der Waals surface area contributed by atoms with Crippen molar-refractivity contribution >= 4 is 15.9 Å². The first-order chi connectivity index (χ1) is 7.27. The van der Waals surface area contributed by atoms with Crippen molar-refractivity contribution < 1.29 is 0 Å². The lowest BCUT2D eigenvalue weighted by molar-refractivity contribution is 0.283. The maximum atomic E-state index is 3.58. The molecule has 1 aromatic carbocycles. The highest BCUT2D eigenvalue weighted by atomic mass is 79.9. The summed E-state index contributed by atoms with van der Waals surface area (Å²) in [6, 6.07) is 8.91. The van der Waals surface area contributed by atoms with Crippen LogP contribution in [0.4, 0.5) is 0 Å². The van der Waals surface area contributed by atoms with Crippen molar-refractivity contribution in [1.29, 1.82) is 0 Å². The zero-order chi connectivity index (χ0) is 10.7. The Morgan fingerprint density at radius 1 is 1.20 bits per heavy atom. The topological polar surface area (TPSA) is 0 Å². The fourth-order valence-electron chi connectivity index (χ4n) is 2.89. The molecule has 0 radical (unpaired) electrons. The molecule has 0 N–H and O–H groups in total. The van der Waals surface area contributed by atoms with Gasteiger partial charge in [-0.25, -0.2) is 0 Å². The second-order valence-corrected chi connectivity index (χ2v) is 5.62. The van der Waals surface area contributed by atoms with Gasteiger partial charge in [0.15, 0.2) is 0 Å². The summed E-state index contributed by atoms with van der Waals surface area (Å²) in [5.74, 6) is 0. The van der Waals surface area contributed by atoms with Crippen LogP contribution in [0.25, 0.3) is 0 Å². The third-order valence-electron chi connectivity index (χ3n) is 3.92. The number of hydrogen-bond donors (Lipinski definition) is 0. The van der Waals surface area contributed by atoms with E-state index < -0.39 is 0 Å². The molecule has 15 heavy (non-hydrogen) atoms. The van der Waals surface area contributed by atoms with Gasteiger partial charge in [-0.15, -0.1) is 0 Å². The smallest absolute Gasteiger partial charge is 0.0178 e. The molecule has 1 saturated carbocycles. The van der Waals surface area contributed by atoms with Crippen molar-refractivity contribution in [3.8, 4) is 0 Å². The van der Waals surface area contributed by atoms with Gasteiger partial charge >= 0.3 is 0 Å². The normalized spacial score (nSPS) is 20.1. The minimum Gasteiger partial charge on any atom is -0.0645 e. The zero-order valence-electron chi connectivity index (χ0n) is 9.43. The Labute approximate surface area is 101 Å². The molecule has 1 aromatic rings. The predicted octanol–water partition coefficient (Wildman–Crippen LogP) is 5.06. The zero-order valence-corrected chi connectivity index (χ0v) is 11.0. The van der Waals surface area contributed by atoms with Crippen LogP contribution in [0.15, 0.2) is 28.7 Å². The van der Waals surface area contributed by atoms with E-state index in [9.17, 15) is 0 Å². The highest BCUT2D eigenvalue weighted by molar-refractivity contribution is 9.10. The third-order valence-corrected chi connectivity index (χ3v) is 4.42. The maximum Gasteiger partial charge on any atom is 0.0178 e. The van der Waals surface area contributed by atoms with Crippen LogP contribution in [0.3, 0.4) is 0 Å². The summed E-state index contributed by atoms with van der Waals surface area (Å²) >= 11 is 3.58. The fraction of sp³-hybridized carbons (Fsp3) is 0.571. The van der Waals surface area contributed by atoms with E-state index in [4.69, 9.17) is 0 Å². The molecule has 1 heteroatoms. The summed E-state index contributed by atoms with van der Waals surface area (Å²) in [5, 5.41) is 0. The Balaban J connectivity index is 2.32. The van der Waals surface area contributed by atoms with Crippen molar-refractivity contribution in [2.45, 2.75) is 50.9 Å². The molecule has 0 amide bonds. The molecule has 0 spiro atoms. The van der Waals surface area contributed by atoms with Gasteiger partial charge in [0.25, 0.3) is 0 Å². The highest BCUT2D eigenvalue weighted by Crippen LogP contribution is 2.42. The Bertz CT molecular complexity index is 324. The number of hydrogen-bond acceptors (Lipinski definition) is 0. The van der Waals surface area contributed by atoms with Gasteiger partial charge in [0.2, 0.25) is 0 Å². The number of benzene rings is 1. The summed E-state index contributed by atoms with van der Waals surface area (Å²) in [4.78, 5) is 0. The maximum absolute atomic E-state index is 3.58. The van der Waals surface area contributed by atoms with Gasteiger partial charge in [-0.3, -0.25) is 0 Å². The van der Waals surface area contributed by atoms with E-state index in [1.807, 2.05) is 0 Å². The molecule has 0 saturated heterocycles. The number of rotatable bonds is 2. The van der Waals surface area contributed by atoms with Crippen molar-refractivity contribution in [3.05, 3.63) is 34.3 Å². The van der Waals surface area contributed by atoms with Crippen molar-refractivity contribution in [2.24, 2.45) is 0 Å². The standard InChI is InChI=1S/C14H19Br/c1-2-14(9-4-3-5-10-14)12-7-6-8-13(15)11-12/h6-8,11H,2-5,9-10H2,1H3. The summed E-state index contributed by atoms with van der Waals surface area (Å²) in [7, 11) is 0. The van der Waals surface area contributed by atoms with Crippen LogP contribution in [0.5, 0.6) is 0 Å². The first-order valence-electron chi connectivity index (χ1n) is 6.03. The minimum atomic E-state index is 0.474. The van der Waals surface area contributed by atoms with Crippen LogP contribution in [-0.4, -0.2) is 0 Å². The molecule has 82 valence electrons. The highest BCUT2D eigenvalue weighted by Gasteiger charge is 2.31. The van der Waals surface area contributed by atoms with Gasteiger partial charge in [-0.1, -0.05) is 54.2 Å². The lowest BCUT2D eigenvalue weighted by Gasteiger charge is -2.37. The van der Waals surface area contributed by atoms with Crippen LogP contribution in [0.2, 0.25) is 0 Å². The second kappa shape index (κ2) is 4.69. The average molecular weight is 267 g/mol. The van der Waals surface area contributed by atoms with Gasteiger partial charge in [-0.2, -0.15) is 0 Å². The molecule has 0 nitrogen and oxygen atoms in total. The van der Waals surface area contributed by atoms with E-state index in [2.05, 4.69) is 47.1 Å². The van der Waals surface area contributed by atoms with E-state index in [0.717, 1.165) is 0 Å². The Kier molecular flexibility index (Phi) is 3.50. The van der Waals surface area contributed by atoms with Gasteiger partial charge in [0.1, 0.15) is 0 Å². The fourth-order valence-corrected chi connectivity index (χ4v) is 3.29. The lowest BCUT2D eigenvalue weighted by atomic mass is 9.68. The molecule has 2 rings (SSSR count). The Hall–Kier alpha value is -0.300. The van der Waals surface area contributed by atoms with Gasteiger partial charge < -0.3 is 0 Å². The predicted molar refractivity (Wildman–Crippen MR) is 69.2 cm³/mol. The largest absolute Gasteiger partial charge is 0.0645 e. The number of halogens is 1. The summed E-state index contributed by atoms with van der Waals surface area (Å²) in [6.07, 6.45) is 8.26. The van der Waals surface area contributed by atoms with Gasteiger partial charge in [-0.05, 0) is 42.4 Å². The summed E-state index contributed by atoms with van der Waals surface area (Å²) < 4.78 is 1.22. The van der Waals surface area contributed by atoms with E-state index >= 15 is 0 Å². The van der Waals surface area contributed by atoms with Crippen LogP contribution < -0.4 is 0 Å². The molecule has 1 aliphatic carbocycles. The third kappa shape index (κ3) is 2.28. The molecule has 0 bridgehead atoms. The molecule has 1 aliphatic rings. The summed E-state index contributed by atoms with van der Waals surface area (Å²) in [5.41, 5.74) is 2.02. The van der Waals surface area contributed by atoms with Gasteiger partial charge in [0, 0.05) is 4.47 Å². The SMILES string of the molecule is CCC1(c2cccc(Br)c2)CCCCC1. The van der Waals surface area contributed by atoms with Gasteiger partial charge in [0.05, 0.1) is 0 Å². The monoisotopic (exact) mass is 266 g/mol. The lowest BCUT2D eigenvalue weighted by Crippen LogP contribution is -2.28. The quantitative estimate of drug-likeness (QED) is 0.702. The van der Waals surface area contributed by atoms with Crippen LogP contribution >= 0.6 is 15.9 Å². The van der Waals surface area contributed by atoms with Crippen molar-refractivity contribution in [1.82, 2.24) is 0 Å². The average Bonchev–Trinajstić information content (AvgIpc) is 2.30. The van der Waals surface area contributed by atoms with E-state index in [1.54, 1.807) is 5.56 Å². The van der Waals surface area contributed by atoms with Crippen LogP contribution in [0, 0.1) is 0 Å². The molecule has 0 unspecified atom stereocenters. The van der Waals surface area contributed by atoms with E-state index in [1.165, 1.54) is 43.0 Å². The van der Waals surface area contributed by atoms with Crippen molar-refractivity contribution in [2.75, 3.05) is 0 Å². The molecular weight excluding hydrogens is 248 g/mol. The van der Waals surface area contributed by atoms with E-state index in [-0.39, 0.29) is 0 Å². The second-order valence-electron chi connectivity index (χ2n) is 4.70. The Morgan fingerprint density at radius 3 is 2.53 bits per heavy atom. The molecule has 1 fully saturated rings. The first-order valence-corrected chi connectivity index (χ1v) is 6.82. The minimum absolute atomic E-state index is 0.474. The molecule has 0 aliphatic heterocycles. The molecule has 0 aromatic heterocycles. The van der Waals surface area contributed by atoms with Crippen molar-refractivity contribution in [3.63, 3.8) is 0 Å². The molecular formula is C14H19Br.